The van der Waals surface area contributed by atoms with Crippen LogP contribution in [0.4, 0.5) is 4.39 Å². The zero-order valence-electron chi connectivity index (χ0n) is 9.00. The van der Waals surface area contributed by atoms with Crippen LogP contribution < -0.4 is 5.32 Å². The predicted molar refractivity (Wildman–Crippen MR) is 61.0 cm³/mol. The van der Waals surface area contributed by atoms with Gasteiger partial charge < -0.3 is 0 Å². The fourth-order valence-electron chi connectivity index (χ4n) is 1.89. The summed E-state index contributed by atoms with van der Waals surface area (Å²) in [7, 11) is 0. The molecule has 0 radical (unpaired) electrons. The van der Waals surface area contributed by atoms with Crippen LogP contribution in [0.3, 0.4) is 0 Å². The summed E-state index contributed by atoms with van der Waals surface area (Å²) in [5.41, 5.74) is 0.448. The lowest BCUT2D eigenvalue weighted by atomic mass is 9.91. The molecule has 3 nitrogen and oxygen atoms in total. The van der Waals surface area contributed by atoms with Gasteiger partial charge in [-0.3, -0.25) is 14.9 Å². The van der Waals surface area contributed by atoms with Crippen LogP contribution in [-0.2, 0) is 16.0 Å². The molecular weight excluding hydrogens is 245 g/mol. The Morgan fingerprint density at radius 1 is 1.41 bits per heavy atom. The Balaban J connectivity index is 2.10. The molecule has 2 rings (SSSR count). The maximum atomic E-state index is 13.5. The number of rotatable bonds is 2. The number of carbonyl (C=O) groups excluding carboxylic acids is 2. The number of hydrogen-bond donors (Lipinski definition) is 1. The van der Waals surface area contributed by atoms with Crippen LogP contribution in [0, 0.1) is 11.7 Å². The quantitative estimate of drug-likeness (QED) is 0.823. The Morgan fingerprint density at radius 3 is 2.82 bits per heavy atom. The van der Waals surface area contributed by atoms with Crippen molar-refractivity contribution in [1.29, 1.82) is 0 Å². The number of halogens is 2. The Hall–Kier alpha value is -1.42. The fourth-order valence-corrected chi connectivity index (χ4v) is 2.04. The summed E-state index contributed by atoms with van der Waals surface area (Å²) in [6.45, 7) is 0. The van der Waals surface area contributed by atoms with Crippen molar-refractivity contribution in [3.8, 4) is 0 Å². The van der Waals surface area contributed by atoms with Gasteiger partial charge in [-0.2, -0.15) is 0 Å². The molecule has 5 heteroatoms. The zero-order chi connectivity index (χ0) is 12.4. The molecule has 1 heterocycles. The lowest BCUT2D eigenvalue weighted by Crippen LogP contribution is -2.41. The highest BCUT2D eigenvalue weighted by Gasteiger charge is 2.27. The molecule has 90 valence electrons. The molecule has 0 spiro atoms. The van der Waals surface area contributed by atoms with Gasteiger partial charge in [0.1, 0.15) is 5.82 Å². The summed E-state index contributed by atoms with van der Waals surface area (Å²) < 4.78 is 13.5. The predicted octanol–water partition coefficient (Wildman–Crippen LogP) is 2.07. The van der Waals surface area contributed by atoms with E-state index in [1.165, 1.54) is 6.07 Å². The van der Waals surface area contributed by atoms with Crippen LogP contribution in [0.1, 0.15) is 18.4 Å². The van der Waals surface area contributed by atoms with Gasteiger partial charge in [-0.25, -0.2) is 4.39 Å². The second-order valence-electron chi connectivity index (χ2n) is 4.09. The van der Waals surface area contributed by atoms with Crippen LogP contribution in [0.5, 0.6) is 0 Å². The van der Waals surface area contributed by atoms with Crippen LogP contribution >= 0.6 is 11.6 Å². The van der Waals surface area contributed by atoms with E-state index in [1.807, 2.05) is 0 Å². The number of amides is 2. The van der Waals surface area contributed by atoms with E-state index in [0.29, 0.717) is 29.8 Å². The molecule has 1 aliphatic rings. The van der Waals surface area contributed by atoms with E-state index in [1.54, 1.807) is 12.1 Å². The van der Waals surface area contributed by atoms with Crippen LogP contribution in [0.2, 0.25) is 5.02 Å². The minimum atomic E-state index is -0.415. The van der Waals surface area contributed by atoms with E-state index in [4.69, 9.17) is 11.6 Å². The van der Waals surface area contributed by atoms with Crippen molar-refractivity contribution >= 4 is 23.4 Å². The third-order valence-electron chi connectivity index (χ3n) is 2.83. The maximum Gasteiger partial charge on any atom is 0.230 e. The molecular formula is C12H11ClFNO2. The third kappa shape index (κ3) is 2.82. The molecule has 1 atom stereocenters. The second kappa shape index (κ2) is 4.84. The molecule has 1 unspecified atom stereocenters. The smallest absolute Gasteiger partial charge is 0.230 e. The summed E-state index contributed by atoms with van der Waals surface area (Å²) in [4.78, 5) is 22.5. The van der Waals surface area contributed by atoms with Crippen LogP contribution in [0.15, 0.2) is 18.2 Å². The first-order valence-electron chi connectivity index (χ1n) is 5.34. The number of carbonyl (C=O) groups is 2. The van der Waals surface area contributed by atoms with E-state index < -0.39 is 5.82 Å². The summed E-state index contributed by atoms with van der Waals surface area (Å²) in [5, 5.41) is 2.58. The van der Waals surface area contributed by atoms with Gasteiger partial charge in [0.25, 0.3) is 0 Å². The molecule has 0 aliphatic carbocycles. The number of benzene rings is 1. The highest BCUT2D eigenvalue weighted by molar-refractivity contribution is 6.30. The van der Waals surface area contributed by atoms with E-state index in [0.717, 1.165) is 0 Å². The van der Waals surface area contributed by atoms with Crippen molar-refractivity contribution in [3.63, 3.8) is 0 Å². The van der Waals surface area contributed by atoms with Crippen molar-refractivity contribution in [2.75, 3.05) is 0 Å². The Labute approximate surface area is 103 Å². The van der Waals surface area contributed by atoms with Crippen molar-refractivity contribution < 1.29 is 14.0 Å². The van der Waals surface area contributed by atoms with Gasteiger partial charge in [0.15, 0.2) is 0 Å². The monoisotopic (exact) mass is 255 g/mol. The normalized spacial score (nSPS) is 20.2. The molecule has 0 aromatic heterocycles. The van der Waals surface area contributed by atoms with Gasteiger partial charge in [-0.05, 0) is 30.5 Å². The Bertz CT molecular complexity index is 476. The molecule has 1 N–H and O–H groups in total. The molecule has 1 aromatic carbocycles. The van der Waals surface area contributed by atoms with Gasteiger partial charge in [0, 0.05) is 17.4 Å². The first-order chi connectivity index (χ1) is 8.06. The van der Waals surface area contributed by atoms with Gasteiger partial charge in [0.2, 0.25) is 11.8 Å². The van der Waals surface area contributed by atoms with Crippen molar-refractivity contribution in [2.45, 2.75) is 19.3 Å². The average Bonchev–Trinajstić information content (AvgIpc) is 2.25. The van der Waals surface area contributed by atoms with Crippen molar-refractivity contribution in [1.82, 2.24) is 5.32 Å². The molecule has 1 aromatic rings. The first kappa shape index (κ1) is 12.0. The third-order valence-corrected chi connectivity index (χ3v) is 3.07. The SMILES string of the molecule is O=C1CCC(Cc2ccc(Cl)cc2F)C(=O)N1. The number of piperidine rings is 1. The van der Waals surface area contributed by atoms with Crippen molar-refractivity contribution in [3.05, 3.63) is 34.6 Å². The molecule has 1 aliphatic heterocycles. The average molecular weight is 256 g/mol. The molecule has 1 saturated heterocycles. The van der Waals surface area contributed by atoms with E-state index in [2.05, 4.69) is 5.32 Å². The fraction of sp³-hybridized carbons (Fsp3) is 0.333. The van der Waals surface area contributed by atoms with E-state index >= 15 is 0 Å². The molecule has 0 bridgehead atoms. The zero-order valence-corrected chi connectivity index (χ0v) is 9.76. The second-order valence-corrected chi connectivity index (χ2v) is 4.52. The van der Waals surface area contributed by atoms with Crippen molar-refractivity contribution in [2.24, 2.45) is 5.92 Å². The minimum absolute atomic E-state index is 0.261. The summed E-state index contributed by atoms with van der Waals surface area (Å²) in [6, 6.07) is 4.38. The van der Waals surface area contributed by atoms with E-state index in [9.17, 15) is 14.0 Å². The Kier molecular flexibility index (Phi) is 3.43. The van der Waals surface area contributed by atoms with Crippen LogP contribution in [0.25, 0.3) is 0 Å². The summed E-state index contributed by atoms with van der Waals surface area (Å²) in [5.74, 6) is -1.34. The maximum absolute atomic E-state index is 13.5. The van der Waals surface area contributed by atoms with Gasteiger partial charge in [-0.1, -0.05) is 17.7 Å². The first-order valence-corrected chi connectivity index (χ1v) is 5.71. The highest BCUT2D eigenvalue weighted by Crippen LogP contribution is 2.21. The van der Waals surface area contributed by atoms with Gasteiger partial charge >= 0.3 is 0 Å². The van der Waals surface area contributed by atoms with Gasteiger partial charge in [0.05, 0.1) is 0 Å². The van der Waals surface area contributed by atoms with Crippen LogP contribution in [-0.4, -0.2) is 11.8 Å². The highest BCUT2D eigenvalue weighted by atomic mass is 35.5. The number of imide groups is 1. The lowest BCUT2D eigenvalue weighted by molar-refractivity contribution is -0.136. The molecule has 0 saturated carbocycles. The molecule has 17 heavy (non-hydrogen) atoms. The lowest BCUT2D eigenvalue weighted by Gasteiger charge is -2.20. The standard InChI is InChI=1S/C12H11ClFNO2/c13-9-3-1-7(10(14)6-9)5-8-2-4-11(16)15-12(8)17/h1,3,6,8H,2,4-5H2,(H,15,16,17). The summed E-state index contributed by atoms with van der Waals surface area (Å²) >= 11 is 5.64. The topological polar surface area (TPSA) is 46.2 Å². The number of hydrogen-bond acceptors (Lipinski definition) is 2. The largest absolute Gasteiger partial charge is 0.296 e. The summed E-state index contributed by atoms with van der Waals surface area (Å²) in [6.07, 6.45) is 1.07. The number of nitrogens with one attached hydrogen (secondary N) is 1. The molecule has 1 fully saturated rings. The van der Waals surface area contributed by atoms with Gasteiger partial charge in [-0.15, -0.1) is 0 Å². The van der Waals surface area contributed by atoms with E-state index in [-0.39, 0.29) is 17.7 Å². The Morgan fingerprint density at radius 2 is 2.18 bits per heavy atom. The molecule has 2 amide bonds. The minimum Gasteiger partial charge on any atom is -0.296 e.